The maximum Gasteiger partial charge on any atom is 0.343 e. The van der Waals surface area contributed by atoms with Gasteiger partial charge in [-0.05, 0) is 19.8 Å². The van der Waals surface area contributed by atoms with Crippen LogP contribution in [0.5, 0.6) is 0 Å². The normalized spacial score (nSPS) is 28.4. The smallest absolute Gasteiger partial charge is 0.343 e. The van der Waals surface area contributed by atoms with Crippen molar-refractivity contribution in [2.45, 2.75) is 19.8 Å². The van der Waals surface area contributed by atoms with Crippen LogP contribution in [0.15, 0.2) is 0 Å². The van der Waals surface area contributed by atoms with Crippen molar-refractivity contribution >= 4 is 50.5 Å². The van der Waals surface area contributed by atoms with Crippen LogP contribution >= 0.6 is 50.5 Å². The molecule has 2 unspecified atom stereocenters. The Kier molecular flexibility index (Phi) is 16.6. The third kappa shape index (κ3) is 9.56. The molecular formula is C14H33Cl3N4O5P2. The quantitative estimate of drug-likeness (QED) is 0.358. The van der Waals surface area contributed by atoms with E-state index < -0.39 is 15.7 Å². The number of nitrogens with zero attached hydrogens (tertiary/aromatic N) is 2. The number of halogens is 3. The molecule has 14 heteroatoms. The Bertz CT molecular complexity index is 451. The fraction of sp³-hybridized carbons (Fsp3) is 1.00. The Hall–Kier alpha value is 1.21. The van der Waals surface area contributed by atoms with Crippen molar-refractivity contribution < 1.29 is 24.0 Å². The molecule has 2 atom stereocenters. The minimum atomic E-state index is -2.84. The molecule has 0 aromatic rings. The molecule has 0 spiro atoms. The Morgan fingerprint density at radius 2 is 2.00 bits per heavy atom. The SMILES string of the molecule is CCN(CCCl)[P+]1([O-])NCCCO1.O.O=P1(NCCCl)OCCCN1CCCl. The summed E-state index contributed by atoms with van der Waals surface area (Å²) in [4.78, 5) is 12.1. The molecule has 2 fully saturated rings. The van der Waals surface area contributed by atoms with E-state index in [1.54, 1.807) is 9.34 Å². The van der Waals surface area contributed by atoms with Gasteiger partial charge in [-0.15, -0.1) is 39.5 Å². The molecule has 2 saturated heterocycles. The molecule has 0 aliphatic carbocycles. The third-order valence-corrected chi connectivity index (χ3v) is 9.14. The second-order valence-corrected chi connectivity index (χ2v) is 11.3. The lowest BCUT2D eigenvalue weighted by Crippen LogP contribution is -2.45. The van der Waals surface area contributed by atoms with Crippen LogP contribution in [-0.2, 0) is 13.6 Å². The van der Waals surface area contributed by atoms with E-state index in [0.29, 0.717) is 57.0 Å². The standard InChI is InChI=1S/C7H15Cl2N2O2P.C7H16ClN2O2P.H2O/c8-2-4-10-14(12)11(6-3-9)5-1-7-13-14;1-2-10(6-4-8)13(11)9-5-3-7-12-13;/h1-7H2,(H,10,12);2-7H2,1H3,(H,9,11);1H2. The molecule has 0 saturated carbocycles. The van der Waals surface area contributed by atoms with Crippen LogP contribution in [0.25, 0.3) is 0 Å². The molecule has 0 radical (unpaired) electrons. The maximum absolute atomic E-state index is 12.2. The molecule has 2 aliphatic heterocycles. The van der Waals surface area contributed by atoms with Crippen molar-refractivity contribution in [3.05, 3.63) is 0 Å². The summed E-state index contributed by atoms with van der Waals surface area (Å²) >= 11 is 16.8. The Morgan fingerprint density at radius 3 is 2.54 bits per heavy atom. The molecule has 0 aromatic carbocycles. The lowest BCUT2D eigenvalue weighted by molar-refractivity contribution is -0.213. The summed E-state index contributed by atoms with van der Waals surface area (Å²) in [6.07, 6.45) is 1.81. The van der Waals surface area contributed by atoms with E-state index in [9.17, 15) is 9.46 Å². The van der Waals surface area contributed by atoms with Gasteiger partial charge in [-0.2, -0.15) is 5.09 Å². The highest BCUT2D eigenvalue weighted by molar-refractivity contribution is 7.59. The van der Waals surface area contributed by atoms with Crippen LogP contribution in [0.2, 0.25) is 0 Å². The van der Waals surface area contributed by atoms with Crippen molar-refractivity contribution in [3.8, 4) is 0 Å². The second-order valence-electron chi connectivity index (χ2n) is 5.80. The van der Waals surface area contributed by atoms with Gasteiger partial charge in [0.25, 0.3) is 0 Å². The highest BCUT2D eigenvalue weighted by atomic mass is 35.5. The predicted octanol–water partition coefficient (Wildman–Crippen LogP) is 1.65. The molecule has 2 aliphatic rings. The molecule has 2 heterocycles. The van der Waals surface area contributed by atoms with Crippen LogP contribution in [0.1, 0.15) is 19.8 Å². The number of hydrogen-bond donors (Lipinski definition) is 2. The minimum Gasteiger partial charge on any atom is -0.626 e. The van der Waals surface area contributed by atoms with Gasteiger partial charge >= 0.3 is 7.67 Å². The zero-order valence-corrected chi connectivity index (χ0v) is 20.3. The Balaban J connectivity index is 0.000000504. The second kappa shape index (κ2) is 15.9. The minimum absolute atomic E-state index is 0. The molecule has 28 heavy (non-hydrogen) atoms. The molecular weight excluding hydrogens is 472 g/mol. The summed E-state index contributed by atoms with van der Waals surface area (Å²) in [5.74, 6) is 1.35. The summed E-state index contributed by atoms with van der Waals surface area (Å²) in [7, 11) is -5.58. The Morgan fingerprint density at radius 1 is 1.25 bits per heavy atom. The summed E-state index contributed by atoms with van der Waals surface area (Å²) in [5.41, 5.74) is 0. The van der Waals surface area contributed by atoms with Crippen molar-refractivity contribution in [3.63, 3.8) is 0 Å². The van der Waals surface area contributed by atoms with Crippen molar-refractivity contribution in [2.75, 3.05) is 70.1 Å². The van der Waals surface area contributed by atoms with Gasteiger partial charge in [-0.25, -0.2) is 14.3 Å². The lowest BCUT2D eigenvalue weighted by atomic mass is 10.4. The van der Waals surface area contributed by atoms with Gasteiger partial charge in [0.2, 0.25) is 8.02 Å². The van der Waals surface area contributed by atoms with Gasteiger partial charge in [0.05, 0.1) is 19.8 Å². The summed E-state index contributed by atoms with van der Waals surface area (Å²) in [6, 6.07) is 0. The van der Waals surface area contributed by atoms with Gasteiger partial charge in [0.15, 0.2) is 0 Å². The van der Waals surface area contributed by atoms with E-state index in [4.69, 9.17) is 43.9 Å². The average Bonchev–Trinajstić information content (AvgIpc) is 2.67. The highest BCUT2D eigenvalue weighted by Gasteiger charge is 2.37. The summed E-state index contributed by atoms with van der Waals surface area (Å²) in [6.45, 7) is 6.93. The summed E-state index contributed by atoms with van der Waals surface area (Å²) in [5, 5.41) is 5.78. The van der Waals surface area contributed by atoms with Gasteiger partial charge in [-0.1, -0.05) is 0 Å². The molecule has 0 amide bonds. The molecule has 0 aromatic heterocycles. The third-order valence-electron chi connectivity index (χ3n) is 3.93. The van der Waals surface area contributed by atoms with Crippen molar-refractivity contribution in [1.29, 1.82) is 0 Å². The molecule has 2 rings (SSSR count). The van der Waals surface area contributed by atoms with Crippen molar-refractivity contribution in [2.24, 2.45) is 0 Å². The Labute approximate surface area is 183 Å². The van der Waals surface area contributed by atoms with E-state index in [2.05, 4.69) is 10.2 Å². The first-order valence-electron chi connectivity index (χ1n) is 9.14. The van der Waals surface area contributed by atoms with E-state index in [1.165, 1.54) is 0 Å². The fourth-order valence-electron chi connectivity index (χ4n) is 2.60. The van der Waals surface area contributed by atoms with Gasteiger partial charge in [0.1, 0.15) is 0 Å². The van der Waals surface area contributed by atoms with E-state index >= 15 is 0 Å². The van der Waals surface area contributed by atoms with Crippen LogP contribution < -0.4 is 15.1 Å². The number of rotatable bonds is 9. The molecule has 9 nitrogen and oxygen atoms in total. The lowest BCUT2D eigenvalue weighted by Gasteiger charge is -2.39. The van der Waals surface area contributed by atoms with E-state index in [1.807, 2.05) is 6.92 Å². The van der Waals surface area contributed by atoms with Crippen LogP contribution in [0, 0.1) is 0 Å². The topological polar surface area (TPSA) is 121 Å². The molecule has 170 valence electrons. The monoisotopic (exact) mass is 504 g/mol. The van der Waals surface area contributed by atoms with Gasteiger partial charge in [0, 0.05) is 50.4 Å². The highest BCUT2D eigenvalue weighted by Crippen LogP contribution is 2.52. The number of alkyl halides is 3. The number of nitrogens with one attached hydrogen (secondary N) is 2. The average molecular weight is 506 g/mol. The largest absolute Gasteiger partial charge is 0.626 e. The zero-order valence-electron chi connectivity index (χ0n) is 16.2. The van der Waals surface area contributed by atoms with Gasteiger partial charge in [-0.3, -0.25) is 4.57 Å². The van der Waals surface area contributed by atoms with Crippen LogP contribution in [-0.4, -0.2) is 84.9 Å². The van der Waals surface area contributed by atoms with E-state index in [0.717, 1.165) is 25.9 Å². The van der Waals surface area contributed by atoms with E-state index in [-0.39, 0.29) is 5.48 Å². The van der Waals surface area contributed by atoms with Crippen molar-refractivity contribution in [1.82, 2.24) is 19.5 Å². The molecule has 4 N–H and O–H groups in total. The first-order valence-corrected chi connectivity index (χ1v) is 13.9. The van der Waals surface area contributed by atoms with Crippen LogP contribution in [0.4, 0.5) is 0 Å². The number of hydrogen-bond acceptors (Lipinski definition) is 6. The summed E-state index contributed by atoms with van der Waals surface area (Å²) < 4.78 is 26.3. The molecule has 0 bridgehead atoms. The van der Waals surface area contributed by atoms with Gasteiger partial charge < -0.3 is 14.9 Å². The van der Waals surface area contributed by atoms with Crippen LogP contribution in [0.3, 0.4) is 0 Å². The predicted molar refractivity (Wildman–Crippen MR) is 116 cm³/mol. The zero-order chi connectivity index (χ0) is 20.2. The fourth-order valence-corrected chi connectivity index (χ4v) is 7.47. The first-order chi connectivity index (χ1) is 13.0. The first kappa shape index (κ1) is 29.2. The maximum atomic E-state index is 12.2.